The fourth-order valence-corrected chi connectivity index (χ4v) is 2.69. The van der Waals surface area contributed by atoms with Gasteiger partial charge in [-0.25, -0.2) is 0 Å². The molecule has 17 heavy (non-hydrogen) atoms. The summed E-state index contributed by atoms with van der Waals surface area (Å²) in [7, 11) is 1.47. The zero-order valence-corrected chi connectivity index (χ0v) is 10.7. The van der Waals surface area contributed by atoms with Gasteiger partial charge >= 0.3 is 5.97 Å². The quantitative estimate of drug-likeness (QED) is 0.749. The summed E-state index contributed by atoms with van der Waals surface area (Å²) in [5, 5.41) is 0.775. The van der Waals surface area contributed by atoms with Crippen LogP contribution in [0.2, 0.25) is 5.02 Å². The molecule has 0 unspecified atom stereocenters. The highest BCUT2D eigenvalue weighted by Crippen LogP contribution is 2.36. The van der Waals surface area contributed by atoms with E-state index in [-0.39, 0.29) is 11.9 Å². The van der Waals surface area contributed by atoms with Gasteiger partial charge in [-0.3, -0.25) is 4.79 Å². The Morgan fingerprint density at radius 2 is 1.76 bits per heavy atom. The van der Waals surface area contributed by atoms with E-state index in [1.54, 1.807) is 0 Å². The molecule has 1 aliphatic rings. The van der Waals surface area contributed by atoms with Crippen LogP contribution in [0.4, 0.5) is 0 Å². The SMILES string of the molecule is COC(=O)[C@H]1CC[C@H](c2ccc(Cl)cc2)CC1. The van der Waals surface area contributed by atoms with E-state index in [4.69, 9.17) is 16.3 Å². The number of ether oxygens (including phenoxy) is 1. The zero-order valence-electron chi connectivity index (χ0n) is 9.99. The molecule has 0 radical (unpaired) electrons. The number of rotatable bonds is 2. The van der Waals surface area contributed by atoms with Crippen molar-refractivity contribution in [3.8, 4) is 0 Å². The van der Waals surface area contributed by atoms with Crippen LogP contribution in [-0.4, -0.2) is 13.1 Å². The van der Waals surface area contributed by atoms with Crippen molar-refractivity contribution in [2.45, 2.75) is 31.6 Å². The predicted molar refractivity (Wildman–Crippen MR) is 68.2 cm³/mol. The summed E-state index contributed by atoms with van der Waals surface area (Å²) < 4.78 is 4.79. The van der Waals surface area contributed by atoms with Crippen LogP contribution in [0, 0.1) is 5.92 Å². The first-order valence-electron chi connectivity index (χ1n) is 6.04. The van der Waals surface area contributed by atoms with E-state index >= 15 is 0 Å². The maximum Gasteiger partial charge on any atom is 0.308 e. The summed E-state index contributed by atoms with van der Waals surface area (Å²) in [6.45, 7) is 0. The summed E-state index contributed by atoms with van der Waals surface area (Å²) in [5.74, 6) is 0.608. The minimum Gasteiger partial charge on any atom is -0.469 e. The number of esters is 1. The molecule has 0 saturated heterocycles. The second-order valence-corrected chi connectivity index (χ2v) is 5.06. The van der Waals surface area contributed by atoms with Crippen LogP contribution in [-0.2, 0) is 9.53 Å². The Morgan fingerprint density at radius 3 is 2.29 bits per heavy atom. The van der Waals surface area contributed by atoms with Crippen molar-refractivity contribution >= 4 is 17.6 Å². The molecule has 1 aromatic rings. The molecule has 1 saturated carbocycles. The monoisotopic (exact) mass is 252 g/mol. The second-order valence-electron chi connectivity index (χ2n) is 4.62. The lowest BCUT2D eigenvalue weighted by Gasteiger charge is -2.27. The smallest absolute Gasteiger partial charge is 0.308 e. The first-order chi connectivity index (χ1) is 8.20. The van der Waals surface area contributed by atoms with Crippen LogP contribution in [0.5, 0.6) is 0 Å². The van der Waals surface area contributed by atoms with Gasteiger partial charge in [0.15, 0.2) is 0 Å². The third kappa shape index (κ3) is 3.01. The summed E-state index contributed by atoms with van der Waals surface area (Å²) in [5.41, 5.74) is 1.33. The van der Waals surface area contributed by atoms with Crippen molar-refractivity contribution < 1.29 is 9.53 Å². The Labute approximate surface area is 107 Å². The average molecular weight is 253 g/mol. The summed E-state index contributed by atoms with van der Waals surface area (Å²) in [6, 6.07) is 8.05. The van der Waals surface area contributed by atoms with E-state index in [1.807, 2.05) is 12.1 Å². The molecule has 1 fully saturated rings. The van der Waals surface area contributed by atoms with Gasteiger partial charge in [0, 0.05) is 5.02 Å². The normalized spacial score (nSPS) is 24.4. The predicted octanol–water partition coefficient (Wildman–Crippen LogP) is 3.79. The number of carbonyl (C=O) groups is 1. The second kappa shape index (κ2) is 5.54. The maximum atomic E-state index is 11.4. The molecular formula is C14H17ClO2. The number of hydrogen-bond donors (Lipinski definition) is 0. The zero-order chi connectivity index (χ0) is 12.3. The molecule has 0 bridgehead atoms. The Morgan fingerprint density at radius 1 is 1.18 bits per heavy atom. The third-order valence-corrected chi connectivity index (χ3v) is 3.86. The Kier molecular flexibility index (Phi) is 4.06. The Bertz CT molecular complexity index is 378. The van der Waals surface area contributed by atoms with E-state index in [0.717, 1.165) is 30.7 Å². The van der Waals surface area contributed by atoms with Crippen LogP contribution < -0.4 is 0 Å². The average Bonchev–Trinajstić information content (AvgIpc) is 2.39. The summed E-state index contributed by atoms with van der Waals surface area (Å²) in [6.07, 6.45) is 3.97. The number of halogens is 1. The largest absolute Gasteiger partial charge is 0.469 e. The number of carbonyl (C=O) groups excluding carboxylic acids is 1. The van der Waals surface area contributed by atoms with Gasteiger partial charge in [-0.15, -0.1) is 0 Å². The molecule has 3 heteroatoms. The van der Waals surface area contributed by atoms with Gasteiger partial charge in [-0.05, 0) is 49.3 Å². The van der Waals surface area contributed by atoms with Crippen molar-refractivity contribution in [1.29, 1.82) is 0 Å². The molecular weight excluding hydrogens is 236 g/mol. The Balaban J connectivity index is 1.95. The van der Waals surface area contributed by atoms with Gasteiger partial charge in [0.05, 0.1) is 13.0 Å². The topological polar surface area (TPSA) is 26.3 Å². The van der Waals surface area contributed by atoms with Crippen LogP contribution in [0.1, 0.15) is 37.2 Å². The number of benzene rings is 1. The highest BCUT2D eigenvalue weighted by atomic mass is 35.5. The molecule has 0 aromatic heterocycles. The van der Waals surface area contributed by atoms with Gasteiger partial charge in [-0.2, -0.15) is 0 Å². The molecule has 1 aliphatic carbocycles. The molecule has 0 N–H and O–H groups in total. The van der Waals surface area contributed by atoms with Crippen molar-refractivity contribution in [3.05, 3.63) is 34.9 Å². The van der Waals surface area contributed by atoms with E-state index < -0.39 is 0 Å². The van der Waals surface area contributed by atoms with E-state index in [9.17, 15) is 4.79 Å². The molecule has 0 atom stereocenters. The van der Waals surface area contributed by atoms with Gasteiger partial charge < -0.3 is 4.74 Å². The lowest BCUT2D eigenvalue weighted by atomic mass is 9.79. The maximum absolute atomic E-state index is 11.4. The standard InChI is InChI=1S/C14H17ClO2/c1-17-14(16)12-4-2-10(3-5-12)11-6-8-13(15)9-7-11/h6-10,12H,2-5H2,1H3/t10-,12-. The summed E-state index contributed by atoms with van der Waals surface area (Å²) in [4.78, 5) is 11.4. The first-order valence-corrected chi connectivity index (χ1v) is 6.42. The number of hydrogen-bond acceptors (Lipinski definition) is 2. The van der Waals surface area contributed by atoms with Crippen molar-refractivity contribution in [2.75, 3.05) is 7.11 Å². The minimum absolute atomic E-state index is 0.0560. The van der Waals surface area contributed by atoms with Gasteiger partial charge in [0.2, 0.25) is 0 Å². The van der Waals surface area contributed by atoms with Gasteiger partial charge in [0.25, 0.3) is 0 Å². The molecule has 0 heterocycles. The van der Waals surface area contributed by atoms with E-state index in [0.29, 0.717) is 5.92 Å². The molecule has 0 amide bonds. The molecule has 2 nitrogen and oxygen atoms in total. The highest BCUT2D eigenvalue weighted by Gasteiger charge is 2.27. The van der Waals surface area contributed by atoms with Gasteiger partial charge in [-0.1, -0.05) is 23.7 Å². The van der Waals surface area contributed by atoms with E-state index in [2.05, 4.69) is 12.1 Å². The van der Waals surface area contributed by atoms with Crippen molar-refractivity contribution in [1.82, 2.24) is 0 Å². The fourth-order valence-electron chi connectivity index (χ4n) is 2.56. The fraction of sp³-hybridized carbons (Fsp3) is 0.500. The molecule has 92 valence electrons. The molecule has 2 rings (SSSR count). The molecule has 0 aliphatic heterocycles. The van der Waals surface area contributed by atoms with Crippen molar-refractivity contribution in [3.63, 3.8) is 0 Å². The van der Waals surface area contributed by atoms with Gasteiger partial charge in [0.1, 0.15) is 0 Å². The van der Waals surface area contributed by atoms with E-state index in [1.165, 1.54) is 12.7 Å². The third-order valence-electron chi connectivity index (χ3n) is 3.60. The van der Waals surface area contributed by atoms with Crippen LogP contribution in [0.15, 0.2) is 24.3 Å². The lowest BCUT2D eigenvalue weighted by molar-refractivity contribution is -0.146. The Hall–Kier alpha value is -1.02. The first kappa shape index (κ1) is 12.4. The molecule has 1 aromatic carbocycles. The molecule has 0 spiro atoms. The van der Waals surface area contributed by atoms with Crippen LogP contribution in [0.3, 0.4) is 0 Å². The minimum atomic E-state index is -0.0560. The number of methoxy groups -OCH3 is 1. The highest BCUT2D eigenvalue weighted by molar-refractivity contribution is 6.30. The van der Waals surface area contributed by atoms with Crippen LogP contribution >= 0.6 is 11.6 Å². The summed E-state index contributed by atoms with van der Waals surface area (Å²) >= 11 is 5.87. The lowest BCUT2D eigenvalue weighted by Crippen LogP contribution is -2.22. The van der Waals surface area contributed by atoms with Crippen molar-refractivity contribution in [2.24, 2.45) is 5.92 Å². The van der Waals surface area contributed by atoms with Crippen LogP contribution in [0.25, 0.3) is 0 Å².